The first-order valence-electron chi connectivity index (χ1n) is 10.4. The van der Waals surface area contributed by atoms with E-state index in [9.17, 15) is 36.8 Å². The van der Waals surface area contributed by atoms with Gasteiger partial charge in [-0.3, -0.25) is 14.3 Å². The van der Waals surface area contributed by atoms with Crippen LogP contribution in [0.4, 0.5) is 27.6 Å². The molecule has 0 aliphatic heterocycles. The van der Waals surface area contributed by atoms with Gasteiger partial charge in [-0.2, -0.15) is 23.5 Å². The van der Waals surface area contributed by atoms with E-state index in [1.54, 1.807) is 0 Å². The van der Waals surface area contributed by atoms with Gasteiger partial charge in [-0.1, -0.05) is 6.07 Å². The predicted molar refractivity (Wildman–Crippen MR) is 120 cm³/mol. The van der Waals surface area contributed by atoms with Crippen LogP contribution in [0.1, 0.15) is 43.4 Å². The van der Waals surface area contributed by atoms with Gasteiger partial charge in [-0.05, 0) is 48.9 Å². The number of halogens is 5. The van der Waals surface area contributed by atoms with E-state index in [0.29, 0.717) is 0 Å². The average Bonchev–Trinajstić information content (AvgIpc) is 3.14. The van der Waals surface area contributed by atoms with E-state index in [1.807, 2.05) is 6.07 Å². The Morgan fingerprint density at radius 1 is 1.16 bits per heavy atom. The van der Waals surface area contributed by atoms with Gasteiger partial charge in [0.15, 0.2) is 5.69 Å². The number of carbonyl (C=O) groups is 2. The summed E-state index contributed by atoms with van der Waals surface area (Å²) in [5.74, 6) is -3.83. The Kier molecular flexibility index (Phi) is 6.35. The van der Waals surface area contributed by atoms with Gasteiger partial charge in [0.05, 0.1) is 40.6 Å². The minimum atomic E-state index is -5.03. The van der Waals surface area contributed by atoms with Crippen molar-refractivity contribution in [2.24, 2.45) is 5.73 Å². The molecular formula is C24H15F5N6O2. The van der Waals surface area contributed by atoms with Crippen LogP contribution >= 0.6 is 0 Å². The Morgan fingerprint density at radius 2 is 1.89 bits per heavy atom. The number of pyridine rings is 1. The lowest BCUT2D eigenvalue weighted by Crippen LogP contribution is -2.20. The molecule has 2 aromatic heterocycles. The first-order chi connectivity index (χ1) is 17.4. The molecule has 13 heteroatoms. The molecule has 0 radical (unpaired) electrons. The second-order valence-corrected chi connectivity index (χ2v) is 7.89. The third kappa shape index (κ3) is 4.81. The molecule has 2 heterocycles. The third-order valence-corrected chi connectivity index (χ3v) is 5.50. The summed E-state index contributed by atoms with van der Waals surface area (Å²) in [6.07, 6.45) is -5.03. The van der Waals surface area contributed by atoms with Crippen molar-refractivity contribution < 1.29 is 31.5 Å². The summed E-state index contributed by atoms with van der Waals surface area (Å²) < 4.78 is 70.7. The number of fused-ring (bicyclic) bond motifs is 1. The number of alkyl halides is 3. The first-order valence-corrected chi connectivity index (χ1v) is 10.4. The molecule has 0 bridgehead atoms. The molecule has 0 saturated carbocycles. The monoisotopic (exact) mass is 514 g/mol. The van der Waals surface area contributed by atoms with E-state index in [0.717, 1.165) is 28.9 Å². The number of primary amides is 1. The zero-order valence-electron chi connectivity index (χ0n) is 18.8. The van der Waals surface area contributed by atoms with Crippen LogP contribution in [0, 0.1) is 29.9 Å². The maximum Gasteiger partial charge on any atom is 0.437 e. The highest BCUT2D eigenvalue weighted by atomic mass is 19.4. The summed E-state index contributed by atoms with van der Waals surface area (Å²) in [7, 11) is 0. The van der Waals surface area contributed by atoms with Gasteiger partial charge in [0.25, 0.3) is 11.8 Å². The maximum atomic E-state index is 14.6. The van der Waals surface area contributed by atoms with Crippen molar-refractivity contribution >= 4 is 28.4 Å². The fraction of sp³-hybridized carbons (Fsp3) is 0.125. The van der Waals surface area contributed by atoms with Crippen LogP contribution in [0.5, 0.6) is 0 Å². The van der Waals surface area contributed by atoms with Crippen LogP contribution in [0.15, 0.2) is 42.5 Å². The molecule has 0 aliphatic carbocycles. The average molecular weight is 514 g/mol. The quantitative estimate of drug-likeness (QED) is 0.384. The summed E-state index contributed by atoms with van der Waals surface area (Å²) in [6, 6.07) is 9.49. The molecular weight excluding hydrogens is 499 g/mol. The number of nitrogens with one attached hydrogen (secondary N) is 1. The zero-order chi connectivity index (χ0) is 27.1. The number of anilines is 1. The smallest absolute Gasteiger partial charge is 0.364 e. The molecule has 4 rings (SSSR count). The molecule has 2 amide bonds. The predicted octanol–water partition coefficient (Wildman–Crippen LogP) is 4.31. The summed E-state index contributed by atoms with van der Waals surface area (Å²) in [6.45, 7) is 0.813. The Labute approximate surface area is 205 Å². The van der Waals surface area contributed by atoms with E-state index in [1.165, 1.54) is 25.1 Å². The second kappa shape index (κ2) is 9.30. The van der Waals surface area contributed by atoms with Crippen LogP contribution in [-0.2, 0) is 12.7 Å². The molecule has 8 nitrogen and oxygen atoms in total. The zero-order valence-corrected chi connectivity index (χ0v) is 18.8. The maximum absolute atomic E-state index is 14.6. The highest BCUT2D eigenvalue weighted by molar-refractivity contribution is 6.14. The van der Waals surface area contributed by atoms with Crippen LogP contribution in [0.3, 0.4) is 0 Å². The molecule has 0 saturated heterocycles. The molecule has 3 N–H and O–H groups in total. The summed E-state index contributed by atoms with van der Waals surface area (Å²) in [5, 5.41) is 14.6. The van der Waals surface area contributed by atoms with Crippen LogP contribution in [0.2, 0.25) is 0 Å². The van der Waals surface area contributed by atoms with Crippen molar-refractivity contribution in [3.8, 4) is 6.07 Å². The van der Waals surface area contributed by atoms with Gasteiger partial charge < -0.3 is 11.1 Å². The van der Waals surface area contributed by atoms with Crippen molar-refractivity contribution in [3.05, 3.63) is 87.9 Å². The lowest BCUT2D eigenvalue weighted by molar-refractivity contribution is -0.140. The Balaban J connectivity index is 1.82. The van der Waals surface area contributed by atoms with E-state index in [-0.39, 0.29) is 27.7 Å². The van der Waals surface area contributed by atoms with Crippen LogP contribution in [0.25, 0.3) is 10.9 Å². The van der Waals surface area contributed by atoms with E-state index in [4.69, 9.17) is 5.73 Å². The number of amides is 2. The number of nitriles is 1. The van der Waals surface area contributed by atoms with Gasteiger partial charge in [-0.25, -0.2) is 13.8 Å². The fourth-order valence-electron chi connectivity index (χ4n) is 3.74. The van der Waals surface area contributed by atoms with Crippen molar-refractivity contribution in [1.82, 2.24) is 14.8 Å². The van der Waals surface area contributed by atoms with Gasteiger partial charge >= 0.3 is 6.18 Å². The Bertz CT molecular complexity index is 1620. The van der Waals surface area contributed by atoms with Crippen molar-refractivity contribution in [3.63, 3.8) is 0 Å². The number of rotatable bonds is 5. The Morgan fingerprint density at radius 3 is 2.54 bits per heavy atom. The number of aromatic nitrogens is 3. The standard InChI is InChI=1S/C24H15F5N6O2/c1-11-20(21(24(27,28)29)34-35(11)10-13-7-14(25)6-5-12(13)9-30)33-23(37)15-8-18(22(31)36)32-17-4-2-3-16(26)19(15)17/h2-8H,10H2,1H3,(H2,31,36)(H,33,37). The molecule has 0 atom stereocenters. The number of nitrogens with two attached hydrogens (primary N) is 1. The molecule has 2 aromatic carbocycles. The van der Waals surface area contributed by atoms with Crippen LogP contribution < -0.4 is 11.1 Å². The van der Waals surface area contributed by atoms with Crippen LogP contribution in [-0.4, -0.2) is 26.6 Å². The summed E-state index contributed by atoms with van der Waals surface area (Å²) >= 11 is 0. The van der Waals surface area contributed by atoms with E-state index >= 15 is 0 Å². The summed E-state index contributed by atoms with van der Waals surface area (Å²) in [5.41, 5.74) is 1.95. The van der Waals surface area contributed by atoms with E-state index < -0.39 is 58.8 Å². The molecule has 0 fully saturated rings. The SMILES string of the molecule is Cc1c(NC(=O)c2cc(C(N)=O)nc3cccc(F)c23)c(C(F)(F)F)nn1Cc1cc(F)ccc1C#N. The van der Waals surface area contributed by atoms with Crippen molar-refractivity contribution in [2.45, 2.75) is 19.6 Å². The van der Waals surface area contributed by atoms with Crippen molar-refractivity contribution in [2.75, 3.05) is 5.32 Å². The minimum absolute atomic E-state index is 0.0214. The molecule has 0 aliphatic rings. The second-order valence-electron chi connectivity index (χ2n) is 7.89. The molecule has 4 aromatic rings. The summed E-state index contributed by atoms with van der Waals surface area (Å²) in [4.78, 5) is 28.7. The molecule has 188 valence electrons. The molecule has 0 unspecified atom stereocenters. The topological polar surface area (TPSA) is 127 Å². The fourth-order valence-corrected chi connectivity index (χ4v) is 3.74. The highest BCUT2D eigenvalue weighted by Gasteiger charge is 2.39. The molecule has 37 heavy (non-hydrogen) atoms. The first kappa shape index (κ1) is 25.2. The number of carbonyl (C=O) groups excluding carboxylic acids is 2. The number of hydrogen-bond acceptors (Lipinski definition) is 5. The van der Waals surface area contributed by atoms with E-state index in [2.05, 4.69) is 15.4 Å². The van der Waals surface area contributed by atoms with Crippen molar-refractivity contribution in [1.29, 1.82) is 5.26 Å². The third-order valence-electron chi connectivity index (χ3n) is 5.50. The number of hydrogen-bond donors (Lipinski definition) is 2. The minimum Gasteiger partial charge on any atom is -0.364 e. The van der Waals surface area contributed by atoms with Gasteiger partial charge in [0, 0.05) is 5.39 Å². The lowest BCUT2D eigenvalue weighted by Gasteiger charge is -2.12. The number of benzene rings is 2. The molecule has 0 spiro atoms. The largest absolute Gasteiger partial charge is 0.437 e. The Hall–Kier alpha value is -4.86. The normalized spacial score (nSPS) is 11.4. The lowest BCUT2D eigenvalue weighted by atomic mass is 10.1. The van der Waals surface area contributed by atoms with Gasteiger partial charge in [0.1, 0.15) is 17.3 Å². The number of nitrogens with zero attached hydrogens (tertiary/aromatic N) is 4. The highest BCUT2D eigenvalue weighted by Crippen LogP contribution is 2.37. The van der Waals surface area contributed by atoms with Gasteiger partial charge in [-0.15, -0.1) is 0 Å². The van der Waals surface area contributed by atoms with Gasteiger partial charge in [0.2, 0.25) is 0 Å².